The van der Waals surface area contributed by atoms with Crippen LogP contribution in [0, 0.1) is 5.92 Å². The molecule has 276 valence electrons. The number of aromatic nitrogens is 4. The van der Waals surface area contributed by atoms with Gasteiger partial charge in [-0.05, 0) is 75.6 Å². The number of aromatic amines is 2. The van der Waals surface area contributed by atoms with Crippen molar-refractivity contribution in [2.45, 2.75) is 90.8 Å². The number of carbonyl (C=O) groups excluding carboxylic acids is 3. The average Bonchev–Trinajstić information content (AvgIpc) is 3.92. The topological polar surface area (TPSA) is 155 Å². The summed E-state index contributed by atoms with van der Waals surface area (Å²) in [6.07, 6.45) is 4.15. The van der Waals surface area contributed by atoms with Gasteiger partial charge in [-0.1, -0.05) is 62.4 Å². The van der Waals surface area contributed by atoms with Crippen LogP contribution in [0.25, 0.3) is 33.6 Å². The highest BCUT2D eigenvalue weighted by Crippen LogP contribution is 2.38. The van der Waals surface area contributed by atoms with Crippen molar-refractivity contribution in [3.05, 3.63) is 72.6 Å². The second kappa shape index (κ2) is 14.5. The van der Waals surface area contributed by atoms with E-state index in [4.69, 9.17) is 14.2 Å². The number of rotatable bonds is 8. The molecule has 4 aromatic rings. The molecule has 13 heteroatoms. The van der Waals surface area contributed by atoms with Gasteiger partial charge < -0.3 is 34.4 Å². The summed E-state index contributed by atoms with van der Waals surface area (Å²) in [5, 5.41) is 2.69. The molecule has 52 heavy (non-hydrogen) atoms. The minimum Gasteiger partial charge on any atom is -0.453 e. The molecule has 3 atom stereocenters. The molecule has 0 bridgehead atoms. The fraction of sp³-hybridized carbons (Fsp3) is 0.462. The molecule has 0 aliphatic carbocycles. The number of benzene rings is 2. The van der Waals surface area contributed by atoms with Crippen molar-refractivity contribution in [3.63, 3.8) is 0 Å². The molecule has 0 spiro atoms. The standard InChI is InChI=1S/C39H49N7O6/c1-23(2)32(44-36(48)50-8)35(47)45-19-9-10-30(45)33-40-20-28(42-33)26-15-11-24(12-16-26)25-13-17-27(18-14-25)29-21-41-34(43-29)31-22-51-39(6,7)46(31)37(49)52-38(3,4)5/h11-18,20-21,23,30-32H,9-10,19,22H2,1-8H3,(H,40,42)(H,41,43)(H,44,48)/t30-,31-,32-/m0/s1. The molecule has 2 fully saturated rings. The van der Waals surface area contributed by atoms with E-state index in [0.29, 0.717) is 19.0 Å². The Bertz CT molecular complexity index is 1890. The monoisotopic (exact) mass is 711 g/mol. The zero-order valence-electron chi connectivity index (χ0n) is 31.1. The number of carbonyl (C=O) groups is 3. The number of likely N-dealkylation sites (tertiary alicyclic amines) is 1. The Morgan fingerprint density at radius 1 is 0.885 bits per heavy atom. The molecule has 2 aromatic heterocycles. The Morgan fingerprint density at radius 3 is 1.90 bits per heavy atom. The van der Waals surface area contributed by atoms with E-state index in [9.17, 15) is 14.4 Å². The summed E-state index contributed by atoms with van der Waals surface area (Å²) in [5.41, 5.74) is 4.29. The van der Waals surface area contributed by atoms with E-state index in [-0.39, 0.29) is 17.9 Å². The first-order chi connectivity index (χ1) is 24.6. The first-order valence-corrected chi connectivity index (χ1v) is 17.8. The summed E-state index contributed by atoms with van der Waals surface area (Å²) in [5.74, 6) is 1.12. The van der Waals surface area contributed by atoms with E-state index in [0.717, 1.165) is 52.3 Å². The van der Waals surface area contributed by atoms with Gasteiger partial charge in [0.2, 0.25) is 5.91 Å². The third-order valence-electron chi connectivity index (χ3n) is 9.55. The van der Waals surface area contributed by atoms with Crippen LogP contribution in [-0.4, -0.2) is 85.5 Å². The highest BCUT2D eigenvalue weighted by Gasteiger charge is 2.47. The number of methoxy groups -OCH3 is 1. The number of H-pyrrole nitrogens is 2. The highest BCUT2D eigenvalue weighted by molar-refractivity contribution is 5.86. The van der Waals surface area contributed by atoms with Crippen LogP contribution in [0.5, 0.6) is 0 Å². The zero-order chi connectivity index (χ0) is 37.4. The molecule has 13 nitrogen and oxygen atoms in total. The lowest BCUT2D eigenvalue weighted by Crippen LogP contribution is -2.51. The molecule has 4 heterocycles. The van der Waals surface area contributed by atoms with Crippen molar-refractivity contribution in [2.24, 2.45) is 5.92 Å². The van der Waals surface area contributed by atoms with Crippen LogP contribution >= 0.6 is 0 Å². The normalized spacial score (nSPS) is 19.2. The summed E-state index contributed by atoms with van der Waals surface area (Å²) in [6.45, 7) is 13.9. The number of imidazole rings is 2. The summed E-state index contributed by atoms with van der Waals surface area (Å²) in [4.78, 5) is 58.1. The van der Waals surface area contributed by atoms with Crippen molar-refractivity contribution in [2.75, 3.05) is 20.3 Å². The number of amides is 3. The van der Waals surface area contributed by atoms with Gasteiger partial charge in [0.15, 0.2) is 0 Å². The van der Waals surface area contributed by atoms with Crippen LogP contribution in [0.3, 0.4) is 0 Å². The third-order valence-corrected chi connectivity index (χ3v) is 9.55. The van der Waals surface area contributed by atoms with Crippen molar-refractivity contribution < 1.29 is 28.6 Å². The van der Waals surface area contributed by atoms with E-state index >= 15 is 0 Å². The molecular formula is C39H49N7O6. The van der Waals surface area contributed by atoms with Gasteiger partial charge >= 0.3 is 12.2 Å². The minimum atomic E-state index is -0.836. The number of nitrogens with zero attached hydrogens (tertiary/aromatic N) is 4. The van der Waals surface area contributed by atoms with E-state index in [1.807, 2.05) is 65.5 Å². The first-order valence-electron chi connectivity index (χ1n) is 17.8. The average molecular weight is 712 g/mol. The summed E-state index contributed by atoms with van der Waals surface area (Å²) >= 11 is 0. The van der Waals surface area contributed by atoms with Gasteiger partial charge in [0.25, 0.3) is 0 Å². The van der Waals surface area contributed by atoms with Crippen LogP contribution in [0.15, 0.2) is 60.9 Å². The van der Waals surface area contributed by atoms with E-state index in [1.165, 1.54) is 7.11 Å². The van der Waals surface area contributed by atoms with E-state index in [1.54, 1.807) is 17.3 Å². The van der Waals surface area contributed by atoms with Gasteiger partial charge in [-0.15, -0.1) is 0 Å². The molecule has 3 amide bonds. The largest absolute Gasteiger partial charge is 0.453 e. The molecule has 0 saturated carbocycles. The molecule has 6 rings (SSSR count). The van der Waals surface area contributed by atoms with Gasteiger partial charge in [-0.2, -0.15) is 0 Å². The predicted octanol–water partition coefficient (Wildman–Crippen LogP) is 7.22. The van der Waals surface area contributed by atoms with E-state index < -0.39 is 35.6 Å². The van der Waals surface area contributed by atoms with Gasteiger partial charge in [-0.25, -0.2) is 19.6 Å². The second-order valence-electron chi connectivity index (χ2n) is 15.2. The molecule has 2 aromatic carbocycles. The molecule has 2 saturated heterocycles. The van der Waals surface area contributed by atoms with Crippen LogP contribution < -0.4 is 5.32 Å². The lowest BCUT2D eigenvalue weighted by Gasteiger charge is -2.34. The first kappa shape index (κ1) is 36.6. The maximum absolute atomic E-state index is 13.5. The van der Waals surface area contributed by atoms with Gasteiger partial charge in [-0.3, -0.25) is 9.69 Å². The SMILES string of the molecule is COC(=O)N[C@H](C(=O)N1CCC[C@H]1c1ncc(-c2ccc(-c3ccc(-c4cnc([C@@H]5COC(C)(C)N5C(=O)OC(C)(C)C)[nH]4)cc3)cc2)[nH]1)C(C)C. The lowest BCUT2D eigenvalue weighted by atomic mass is 10.0. The number of alkyl carbamates (subject to hydrolysis) is 1. The Balaban J connectivity index is 1.12. The van der Waals surface area contributed by atoms with Crippen LogP contribution in [0.2, 0.25) is 0 Å². The maximum atomic E-state index is 13.5. The van der Waals surface area contributed by atoms with Crippen LogP contribution in [0.4, 0.5) is 9.59 Å². The van der Waals surface area contributed by atoms with Crippen molar-refractivity contribution in [1.29, 1.82) is 0 Å². The molecule has 3 N–H and O–H groups in total. The fourth-order valence-corrected chi connectivity index (χ4v) is 6.84. The van der Waals surface area contributed by atoms with Crippen LogP contribution in [0.1, 0.15) is 85.0 Å². The third kappa shape index (κ3) is 7.69. The lowest BCUT2D eigenvalue weighted by molar-refractivity contribution is -0.135. The minimum absolute atomic E-state index is 0.100. The fourth-order valence-electron chi connectivity index (χ4n) is 6.84. The Kier molecular flexibility index (Phi) is 10.2. The van der Waals surface area contributed by atoms with Gasteiger partial charge in [0, 0.05) is 6.54 Å². The molecule has 0 radical (unpaired) electrons. The van der Waals surface area contributed by atoms with Gasteiger partial charge in [0.1, 0.15) is 35.1 Å². The molecule has 2 aliphatic rings. The number of ether oxygens (including phenoxy) is 3. The Hall–Kier alpha value is -5.17. The Labute approximate surface area is 304 Å². The molecule has 2 aliphatic heterocycles. The van der Waals surface area contributed by atoms with Gasteiger partial charge in [0.05, 0.1) is 43.5 Å². The second-order valence-corrected chi connectivity index (χ2v) is 15.2. The van der Waals surface area contributed by atoms with E-state index in [2.05, 4.69) is 61.7 Å². The smallest absolute Gasteiger partial charge is 0.413 e. The highest BCUT2D eigenvalue weighted by atomic mass is 16.6. The van der Waals surface area contributed by atoms with Crippen molar-refractivity contribution >= 4 is 18.1 Å². The molecule has 0 unspecified atom stereocenters. The summed E-state index contributed by atoms with van der Waals surface area (Å²) < 4.78 is 16.4. The quantitative estimate of drug-likeness (QED) is 0.173. The Morgan fingerprint density at radius 2 is 1.40 bits per heavy atom. The zero-order valence-corrected chi connectivity index (χ0v) is 31.1. The molecular weight excluding hydrogens is 662 g/mol. The van der Waals surface area contributed by atoms with Crippen LogP contribution in [-0.2, 0) is 19.0 Å². The number of hydrogen-bond donors (Lipinski definition) is 3. The number of nitrogens with one attached hydrogen (secondary N) is 3. The predicted molar refractivity (Wildman–Crippen MR) is 196 cm³/mol. The number of hydrogen-bond acceptors (Lipinski definition) is 8. The van der Waals surface area contributed by atoms with Crippen molar-refractivity contribution in [1.82, 2.24) is 35.1 Å². The summed E-state index contributed by atoms with van der Waals surface area (Å²) in [6, 6.07) is 15.2. The summed E-state index contributed by atoms with van der Waals surface area (Å²) in [7, 11) is 1.29. The van der Waals surface area contributed by atoms with Crippen molar-refractivity contribution in [3.8, 4) is 33.6 Å². The maximum Gasteiger partial charge on any atom is 0.413 e.